The van der Waals surface area contributed by atoms with Gasteiger partial charge in [0.2, 0.25) is 11.8 Å². The molecule has 9 heteroatoms. The molecular weight excluding hydrogens is 504 g/mol. The molecule has 2 N–H and O–H groups in total. The second kappa shape index (κ2) is 9.24. The SMILES string of the molecule is CCOC(=O)[C@H]1[C@@H]2O[C@@]3(CC2Br)[C@@H]1C(=O)N([C@@H](CO)C(C)C)[C@@H]3C(=O)Nc1cc(C)ccc1C. The number of aliphatic hydroxyl groups is 1. The summed E-state index contributed by atoms with van der Waals surface area (Å²) in [5, 5.41) is 13.2. The van der Waals surface area contributed by atoms with Crippen LogP contribution >= 0.6 is 15.9 Å². The molecule has 7 atom stereocenters. The number of rotatable bonds is 7. The van der Waals surface area contributed by atoms with Gasteiger partial charge in [0.15, 0.2) is 0 Å². The lowest BCUT2D eigenvalue weighted by Gasteiger charge is -2.38. The van der Waals surface area contributed by atoms with Crippen molar-refractivity contribution in [2.75, 3.05) is 18.5 Å². The largest absolute Gasteiger partial charge is 0.466 e. The number of halogens is 1. The zero-order valence-electron chi connectivity index (χ0n) is 20.2. The van der Waals surface area contributed by atoms with E-state index in [9.17, 15) is 19.5 Å². The van der Waals surface area contributed by atoms with Crippen molar-refractivity contribution in [3.8, 4) is 0 Å². The Morgan fingerprint density at radius 3 is 2.68 bits per heavy atom. The average Bonchev–Trinajstić information content (AvgIpc) is 3.35. The monoisotopic (exact) mass is 536 g/mol. The van der Waals surface area contributed by atoms with Crippen LogP contribution in [-0.2, 0) is 23.9 Å². The summed E-state index contributed by atoms with van der Waals surface area (Å²) in [4.78, 5) is 42.1. The highest BCUT2D eigenvalue weighted by molar-refractivity contribution is 9.09. The molecule has 3 aliphatic heterocycles. The number of aliphatic hydroxyl groups excluding tert-OH is 1. The molecule has 8 nitrogen and oxygen atoms in total. The summed E-state index contributed by atoms with van der Waals surface area (Å²) in [5.41, 5.74) is 1.36. The molecule has 1 unspecified atom stereocenters. The summed E-state index contributed by atoms with van der Waals surface area (Å²) in [7, 11) is 0. The topological polar surface area (TPSA) is 105 Å². The Morgan fingerprint density at radius 2 is 2.06 bits per heavy atom. The number of hydrogen-bond acceptors (Lipinski definition) is 6. The fourth-order valence-electron chi connectivity index (χ4n) is 5.92. The van der Waals surface area contributed by atoms with Crippen molar-refractivity contribution in [3.63, 3.8) is 0 Å². The van der Waals surface area contributed by atoms with Crippen LogP contribution in [0.1, 0.15) is 38.3 Å². The van der Waals surface area contributed by atoms with E-state index < -0.39 is 41.6 Å². The number of fused-ring (bicyclic) bond motifs is 1. The van der Waals surface area contributed by atoms with Gasteiger partial charge >= 0.3 is 5.97 Å². The van der Waals surface area contributed by atoms with Gasteiger partial charge in [0.25, 0.3) is 0 Å². The van der Waals surface area contributed by atoms with E-state index in [-0.39, 0.29) is 35.8 Å². The van der Waals surface area contributed by atoms with Crippen LogP contribution in [-0.4, -0.2) is 69.6 Å². The van der Waals surface area contributed by atoms with E-state index in [0.717, 1.165) is 11.1 Å². The van der Waals surface area contributed by atoms with Crippen molar-refractivity contribution in [1.82, 2.24) is 4.90 Å². The highest BCUT2D eigenvalue weighted by Gasteiger charge is 2.77. The third-order valence-corrected chi connectivity index (χ3v) is 8.34. The number of carbonyl (C=O) groups excluding carboxylic acids is 3. The number of aryl methyl sites for hydroxylation is 2. The van der Waals surface area contributed by atoms with Gasteiger partial charge < -0.3 is 24.8 Å². The fourth-order valence-corrected chi connectivity index (χ4v) is 6.87. The van der Waals surface area contributed by atoms with E-state index in [1.807, 2.05) is 45.9 Å². The molecule has 0 radical (unpaired) electrons. The van der Waals surface area contributed by atoms with E-state index in [1.54, 1.807) is 6.92 Å². The van der Waals surface area contributed by atoms with Crippen LogP contribution in [0.5, 0.6) is 0 Å². The number of ether oxygens (including phenoxy) is 2. The zero-order chi connectivity index (χ0) is 24.9. The van der Waals surface area contributed by atoms with E-state index in [0.29, 0.717) is 12.1 Å². The van der Waals surface area contributed by atoms with E-state index >= 15 is 0 Å². The van der Waals surface area contributed by atoms with Gasteiger partial charge in [-0.1, -0.05) is 41.9 Å². The van der Waals surface area contributed by atoms with Gasteiger partial charge in [-0.05, 0) is 50.3 Å². The number of likely N-dealkylation sites (tertiary alicyclic amines) is 1. The number of nitrogens with zero attached hydrogens (tertiary/aromatic N) is 1. The molecule has 3 saturated heterocycles. The van der Waals surface area contributed by atoms with Gasteiger partial charge in [-0.15, -0.1) is 0 Å². The molecule has 0 aromatic heterocycles. The third kappa shape index (κ3) is 3.76. The molecule has 186 valence electrons. The first-order valence-corrected chi connectivity index (χ1v) is 12.8. The Hall–Kier alpha value is -1.97. The van der Waals surface area contributed by atoms with Crippen LogP contribution in [0, 0.1) is 31.6 Å². The Balaban J connectivity index is 1.80. The second-order valence-electron chi connectivity index (χ2n) is 9.96. The smallest absolute Gasteiger partial charge is 0.312 e. The molecule has 1 aromatic carbocycles. The molecule has 1 spiro atoms. The van der Waals surface area contributed by atoms with Crippen molar-refractivity contribution in [1.29, 1.82) is 0 Å². The maximum absolute atomic E-state index is 13.9. The first kappa shape index (κ1) is 25.1. The molecule has 3 heterocycles. The Kier molecular flexibility index (Phi) is 6.83. The van der Waals surface area contributed by atoms with Gasteiger partial charge in [-0.2, -0.15) is 0 Å². The average molecular weight is 537 g/mol. The van der Waals surface area contributed by atoms with Crippen LogP contribution in [0.4, 0.5) is 5.69 Å². The van der Waals surface area contributed by atoms with Crippen molar-refractivity contribution in [3.05, 3.63) is 29.3 Å². The number of amides is 2. The molecule has 0 saturated carbocycles. The van der Waals surface area contributed by atoms with Crippen LogP contribution < -0.4 is 5.32 Å². The Morgan fingerprint density at radius 1 is 1.35 bits per heavy atom. The molecule has 4 rings (SSSR count). The number of alkyl halides is 1. The van der Waals surface area contributed by atoms with Crippen LogP contribution in [0.2, 0.25) is 0 Å². The van der Waals surface area contributed by atoms with Gasteiger partial charge in [0, 0.05) is 10.5 Å². The fraction of sp³-hybridized carbons (Fsp3) is 0.640. The number of hydrogen-bond donors (Lipinski definition) is 2. The first-order chi connectivity index (χ1) is 16.1. The highest BCUT2D eigenvalue weighted by Crippen LogP contribution is 2.60. The van der Waals surface area contributed by atoms with Crippen molar-refractivity contribution < 1.29 is 29.0 Å². The molecule has 3 aliphatic rings. The van der Waals surface area contributed by atoms with Gasteiger partial charge in [0.1, 0.15) is 11.6 Å². The molecule has 1 aromatic rings. The standard InChI is InChI=1S/C25H33BrN2O6/c1-6-33-24(32)18-19-23(31)28(17(11-29)12(2)3)21(25(19)10-15(26)20(18)34-25)22(30)27-16-9-13(4)7-8-14(16)5/h7-9,12,15,17-21,29H,6,10-11H2,1-5H3,(H,27,30)/t15?,17-,18+,19-,20+,21+,25-/m0/s1. The molecule has 2 amide bonds. The number of benzene rings is 1. The molecular formula is C25H33BrN2O6. The summed E-state index contributed by atoms with van der Waals surface area (Å²) in [6.07, 6.45) is -0.153. The minimum Gasteiger partial charge on any atom is -0.466 e. The maximum Gasteiger partial charge on any atom is 0.312 e. The Labute approximate surface area is 208 Å². The predicted octanol–water partition coefficient (Wildman–Crippen LogP) is 2.57. The number of carbonyl (C=O) groups is 3. The summed E-state index contributed by atoms with van der Waals surface area (Å²) in [6, 6.07) is 4.19. The number of anilines is 1. The molecule has 3 fully saturated rings. The zero-order valence-corrected chi connectivity index (χ0v) is 21.8. The quantitative estimate of drug-likeness (QED) is 0.409. The van der Waals surface area contributed by atoms with Crippen molar-refractivity contribution >= 4 is 39.4 Å². The summed E-state index contributed by atoms with van der Waals surface area (Å²) >= 11 is 3.63. The van der Waals surface area contributed by atoms with Crippen molar-refractivity contribution in [2.24, 2.45) is 17.8 Å². The maximum atomic E-state index is 13.9. The summed E-state index contributed by atoms with van der Waals surface area (Å²) in [5.74, 6) is -2.97. The van der Waals surface area contributed by atoms with E-state index in [4.69, 9.17) is 9.47 Å². The Bertz CT molecular complexity index is 1000. The van der Waals surface area contributed by atoms with Gasteiger partial charge in [0.05, 0.1) is 37.2 Å². The van der Waals surface area contributed by atoms with Crippen molar-refractivity contribution in [2.45, 2.75) is 69.7 Å². The summed E-state index contributed by atoms with van der Waals surface area (Å²) < 4.78 is 11.7. The molecule has 2 bridgehead atoms. The third-order valence-electron chi connectivity index (χ3n) is 7.50. The molecule has 0 aliphatic carbocycles. The highest BCUT2D eigenvalue weighted by atomic mass is 79.9. The van der Waals surface area contributed by atoms with Gasteiger partial charge in [-0.25, -0.2) is 0 Å². The predicted molar refractivity (Wildman–Crippen MR) is 129 cm³/mol. The minimum atomic E-state index is -1.18. The second-order valence-corrected chi connectivity index (χ2v) is 11.1. The van der Waals surface area contributed by atoms with Crippen LogP contribution in [0.25, 0.3) is 0 Å². The molecule has 34 heavy (non-hydrogen) atoms. The minimum absolute atomic E-state index is 0.113. The summed E-state index contributed by atoms with van der Waals surface area (Å²) in [6.45, 7) is 9.25. The van der Waals surface area contributed by atoms with E-state index in [1.165, 1.54) is 4.90 Å². The normalized spacial score (nSPS) is 32.8. The van der Waals surface area contributed by atoms with Crippen LogP contribution in [0.15, 0.2) is 18.2 Å². The van der Waals surface area contributed by atoms with Crippen LogP contribution in [0.3, 0.4) is 0 Å². The first-order valence-electron chi connectivity index (χ1n) is 11.9. The lowest BCUT2D eigenvalue weighted by atomic mass is 9.70. The number of esters is 1. The lowest BCUT2D eigenvalue weighted by molar-refractivity contribution is -0.155. The van der Waals surface area contributed by atoms with Gasteiger partial charge in [-0.3, -0.25) is 14.4 Å². The number of nitrogens with one attached hydrogen (secondary N) is 1. The lowest BCUT2D eigenvalue weighted by Crippen LogP contribution is -2.57. The van der Waals surface area contributed by atoms with E-state index in [2.05, 4.69) is 21.2 Å².